The molecular weight excluding hydrogens is 472 g/mol. The fraction of sp³-hybridized carbons (Fsp3) is 0.324. The number of rotatable bonds is 3. The Hall–Kier alpha value is -3.65. The van der Waals surface area contributed by atoms with Gasteiger partial charge in [-0.1, -0.05) is 82.9 Å². The van der Waals surface area contributed by atoms with Crippen LogP contribution in [0.2, 0.25) is 0 Å². The maximum Gasteiger partial charge on any atom is 0.0823 e. The first kappa shape index (κ1) is 23.3. The van der Waals surface area contributed by atoms with Crippen molar-refractivity contribution in [2.75, 3.05) is 0 Å². The second-order valence-corrected chi connectivity index (χ2v) is 13.5. The highest BCUT2D eigenvalue weighted by Crippen LogP contribution is 2.43. The molecule has 0 unspecified atom stereocenters. The van der Waals surface area contributed by atoms with E-state index >= 15 is 0 Å². The normalized spacial score (nSPS) is 15.4. The highest BCUT2D eigenvalue weighted by Gasteiger charge is 2.22. The summed E-state index contributed by atoms with van der Waals surface area (Å²) in [5.74, 6) is 0.848. The zero-order chi connectivity index (χ0) is 26.5. The van der Waals surface area contributed by atoms with E-state index in [9.17, 15) is 0 Å². The van der Waals surface area contributed by atoms with Crippen molar-refractivity contribution in [1.29, 1.82) is 0 Å². The minimum absolute atomic E-state index is 0.259. The molecule has 3 heterocycles. The summed E-state index contributed by atoms with van der Waals surface area (Å²) < 4.78 is 2.56. The van der Waals surface area contributed by atoms with Crippen molar-refractivity contribution in [2.24, 2.45) is 11.3 Å². The van der Waals surface area contributed by atoms with E-state index < -0.39 is 0 Å². The maximum absolute atomic E-state index is 5.03. The number of hydrogen-bond donors (Lipinski definition) is 0. The summed E-state index contributed by atoms with van der Waals surface area (Å²) in [4.78, 5) is 5.03. The van der Waals surface area contributed by atoms with Crippen molar-refractivity contribution in [3.05, 3.63) is 83.6 Å². The molecule has 0 atom stereocenters. The van der Waals surface area contributed by atoms with E-state index in [0.717, 1.165) is 17.9 Å². The molecule has 1 aliphatic carbocycles. The molecule has 194 valence electrons. The lowest BCUT2D eigenvalue weighted by molar-refractivity contribution is 0.411. The van der Waals surface area contributed by atoms with E-state index in [4.69, 9.17) is 4.98 Å². The summed E-state index contributed by atoms with van der Waals surface area (Å²) in [5.41, 5.74) is 9.55. The minimum Gasteiger partial charge on any atom is -0.308 e. The molecule has 1 aliphatic rings. The monoisotopic (exact) mass is 508 g/mol. The van der Waals surface area contributed by atoms with Crippen LogP contribution in [0.5, 0.6) is 0 Å². The van der Waals surface area contributed by atoms with Gasteiger partial charge in [0.05, 0.1) is 22.1 Å². The van der Waals surface area contributed by atoms with Crippen LogP contribution in [0.4, 0.5) is 0 Å². The smallest absolute Gasteiger partial charge is 0.0823 e. The molecule has 3 aromatic heterocycles. The highest BCUT2D eigenvalue weighted by atomic mass is 14.9. The quantitative estimate of drug-likeness (QED) is 0.171. The van der Waals surface area contributed by atoms with Crippen LogP contribution in [0, 0.1) is 18.3 Å². The second kappa shape index (κ2) is 8.18. The Morgan fingerprint density at radius 1 is 0.769 bits per heavy atom. The molecule has 0 N–H and O–H groups in total. The van der Waals surface area contributed by atoms with Gasteiger partial charge in [-0.05, 0) is 88.2 Å². The van der Waals surface area contributed by atoms with Gasteiger partial charge in [-0.25, -0.2) is 0 Å². The molecule has 4 aromatic carbocycles. The summed E-state index contributed by atoms with van der Waals surface area (Å²) in [6, 6.07) is 23.6. The fourth-order valence-electron chi connectivity index (χ4n) is 7.74. The third kappa shape index (κ3) is 3.50. The Kier molecular flexibility index (Phi) is 4.88. The van der Waals surface area contributed by atoms with Crippen molar-refractivity contribution < 1.29 is 0 Å². The fourth-order valence-corrected chi connectivity index (χ4v) is 7.74. The van der Waals surface area contributed by atoms with Gasteiger partial charge in [0.1, 0.15) is 0 Å². The Morgan fingerprint density at radius 2 is 1.56 bits per heavy atom. The molecular formula is C37H36N2. The molecule has 39 heavy (non-hydrogen) atoms. The average Bonchev–Trinajstić information content (AvgIpc) is 3.53. The minimum atomic E-state index is 0.259. The molecule has 0 saturated heterocycles. The number of aromatic nitrogens is 2. The standard InChI is InChI=1S/C37H36N2/c1-22-28-12-9-25(21-37(2,3)4)18-27(28)20-31-34-33-26(15-16-38-34)11-13-29-30-19-24(17-23-7-5-6-8-23)10-14-32(30)39(35(22)31)36(29)33/h9-16,18-20,23H,5-8,17,21H2,1-4H3. The van der Waals surface area contributed by atoms with Gasteiger partial charge < -0.3 is 4.40 Å². The van der Waals surface area contributed by atoms with Crippen molar-refractivity contribution in [1.82, 2.24) is 9.38 Å². The van der Waals surface area contributed by atoms with E-state index in [-0.39, 0.29) is 5.41 Å². The first-order valence-corrected chi connectivity index (χ1v) is 14.8. The van der Waals surface area contributed by atoms with Crippen LogP contribution in [0.15, 0.2) is 66.9 Å². The van der Waals surface area contributed by atoms with E-state index in [1.165, 1.54) is 103 Å². The third-order valence-corrected chi connectivity index (χ3v) is 9.36. The van der Waals surface area contributed by atoms with Gasteiger partial charge in [0.15, 0.2) is 0 Å². The topological polar surface area (TPSA) is 17.3 Å². The van der Waals surface area contributed by atoms with Crippen molar-refractivity contribution in [2.45, 2.75) is 66.2 Å². The maximum atomic E-state index is 5.03. The van der Waals surface area contributed by atoms with E-state index in [0.29, 0.717) is 0 Å². The van der Waals surface area contributed by atoms with Crippen molar-refractivity contribution in [3.63, 3.8) is 0 Å². The lowest BCUT2D eigenvalue weighted by Gasteiger charge is -2.19. The van der Waals surface area contributed by atoms with Crippen LogP contribution >= 0.6 is 0 Å². The van der Waals surface area contributed by atoms with Gasteiger partial charge in [0.25, 0.3) is 0 Å². The number of fused-ring (bicyclic) bond motifs is 7. The number of benzene rings is 4. The molecule has 7 aromatic rings. The van der Waals surface area contributed by atoms with E-state index in [2.05, 4.69) is 92.8 Å². The Labute approximate surface area is 230 Å². The summed E-state index contributed by atoms with van der Waals surface area (Å²) in [6.45, 7) is 9.26. The molecule has 0 amide bonds. The summed E-state index contributed by atoms with van der Waals surface area (Å²) in [6.07, 6.45) is 9.83. The van der Waals surface area contributed by atoms with Crippen LogP contribution in [0.3, 0.4) is 0 Å². The number of hydrogen-bond acceptors (Lipinski definition) is 1. The van der Waals surface area contributed by atoms with Crippen LogP contribution in [-0.2, 0) is 12.8 Å². The average molecular weight is 509 g/mol. The molecule has 0 spiro atoms. The lowest BCUT2D eigenvalue weighted by Crippen LogP contribution is -2.09. The SMILES string of the molecule is Cc1c2ccc(CC(C)(C)C)cc2cc2c3nccc4ccc5c6cc(CC7CCCC7)ccc6n(c12)c5c43. The van der Waals surface area contributed by atoms with Crippen molar-refractivity contribution >= 4 is 59.8 Å². The molecule has 0 radical (unpaired) electrons. The summed E-state index contributed by atoms with van der Waals surface area (Å²) >= 11 is 0. The molecule has 0 aliphatic heterocycles. The van der Waals surface area contributed by atoms with Crippen LogP contribution in [0.25, 0.3) is 59.8 Å². The van der Waals surface area contributed by atoms with Gasteiger partial charge in [-0.2, -0.15) is 0 Å². The summed E-state index contributed by atoms with van der Waals surface area (Å²) in [7, 11) is 0. The van der Waals surface area contributed by atoms with Crippen LogP contribution < -0.4 is 0 Å². The zero-order valence-corrected chi connectivity index (χ0v) is 23.6. The molecule has 0 bridgehead atoms. The molecule has 8 rings (SSSR count). The van der Waals surface area contributed by atoms with Gasteiger partial charge in [-0.3, -0.25) is 4.98 Å². The lowest BCUT2D eigenvalue weighted by atomic mass is 9.87. The predicted molar refractivity (Wildman–Crippen MR) is 167 cm³/mol. The predicted octanol–water partition coefficient (Wildman–Crippen LogP) is 10.2. The Morgan fingerprint density at radius 3 is 2.38 bits per heavy atom. The highest BCUT2D eigenvalue weighted by molar-refractivity contribution is 6.28. The molecule has 2 heteroatoms. The van der Waals surface area contributed by atoms with E-state index in [1.54, 1.807) is 0 Å². The third-order valence-electron chi connectivity index (χ3n) is 9.36. The Balaban J connectivity index is 1.49. The zero-order valence-electron chi connectivity index (χ0n) is 23.6. The second-order valence-electron chi connectivity index (χ2n) is 13.5. The van der Waals surface area contributed by atoms with Crippen molar-refractivity contribution in [3.8, 4) is 0 Å². The van der Waals surface area contributed by atoms with Gasteiger partial charge >= 0.3 is 0 Å². The van der Waals surface area contributed by atoms with Gasteiger partial charge in [0.2, 0.25) is 0 Å². The number of aryl methyl sites for hydroxylation is 1. The van der Waals surface area contributed by atoms with Crippen LogP contribution in [-0.4, -0.2) is 9.38 Å². The number of pyridine rings is 2. The Bertz CT molecular complexity index is 2060. The van der Waals surface area contributed by atoms with E-state index in [1.807, 2.05) is 6.20 Å². The summed E-state index contributed by atoms with van der Waals surface area (Å²) in [5, 5.41) is 9.21. The number of nitrogens with zero attached hydrogens (tertiary/aromatic N) is 2. The first-order valence-electron chi connectivity index (χ1n) is 14.8. The first-order chi connectivity index (χ1) is 18.9. The molecule has 2 nitrogen and oxygen atoms in total. The van der Waals surface area contributed by atoms with Crippen LogP contribution in [0.1, 0.15) is 63.1 Å². The molecule has 1 saturated carbocycles. The van der Waals surface area contributed by atoms with Gasteiger partial charge in [-0.15, -0.1) is 0 Å². The molecule has 1 fully saturated rings. The largest absolute Gasteiger partial charge is 0.308 e. The van der Waals surface area contributed by atoms with Gasteiger partial charge in [0, 0.05) is 27.7 Å².